The third-order valence-electron chi connectivity index (χ3n) is 2.22. The minimum absolute atomic E-state index is 0.0554. The number of aromatic hydroxyl groups is 1. The molecule has 1 aromatic heterocycles. The molecule has 2 aromatic rings. The Morgan fingerprint density at radius 2 is 2.06 bits per heavy atom. The molecule has 5 heteroatoms. The van der Waals surface area contributed by atoms with Gasteiger partial charge in [0.15, 0.2) is 0 Å². The average Bonchev–Trinajstić information content (AvgIpc) is 2.23. The van der Waals surface area contributed by atoms with Crippen LogP contribution in [0.15, 0.2) is 24.5 Å². The fraction of sp³-hybridized carbons (Fsp3) is 0.0909. The van der Waals surface area contributed by atoms with Gasteiger partial charge in [-0.05, 0) is 24.6 Å². The highest BCUT2D eigenvalue weighted by molar-refractivity contribution is 6.32. The van der Waals surface area contributed by atoms with E-state index in [9.17, 15) is 5.11 Å². The van der Waals surface area contributed by atoms with Gasteiger partial charge in [0.05, 0.1) is 23.1 Å². The average molecular weight is 236 g/mol. The number of benzene rings is 1. The maximum absolute atomic E-state index is 9.43. The molecule has 1 heterocycles. The lowest BCUT2D eigenvalue weighted by Gasteiger charge is -2.07. The number of aryl methyl sites for hydroxylation is 1. The molecule has 0 unspecified atom stereocenters. The van der Waals surface area contributed by atoms with E-state index in [4.69, 9.17) is 17.3 Å². The van der Waals surface area contributed by atoms with Gasteiger partial charge in [-0.3, -0.25) is 4.98 Å². The molecule has 0 aliphatic carbocycles. The van der Waals surface area contributed by atoms with Crippen molar-refractivity contribution in [2.24, 2.45) is 0 Å². The van der Waals surface area contributed by atoms with Crippen LogP contribution in [0.1, 0.15) is 5.56 Å². The van der Waals surface area contributed by atoms with Crippen molar-refractivity contribution in [2.75, 3.05) is 5.73 Å². The summed E-state index contributed by atoms with van der Waals surface area (Å²) in [6.45, 7) is 1.86. The molecule has 0 aliphatic rings. The quantitative estimate of drug-likeness (QED) is 0.796. The highest BCUT2D eigenvalue weighted by Crippen LogP contribution is 2.31. The molecular weight excluding hydrogens is 226 g/mol. The summed E-state index contributed by atoms with van der Waals surface area (Å²) >= 11 is 5.85. The number of phenols is 1. The van der Waals surface area contributed by atoms with Crippen LogP contribution >= 0.6 is 11.6 Å². The fourth-order valence-corrected chi connectivity index (χ4v) is 1.62. The van der Waals surface area contributed by atoms with Crippen LogP contribution in [0.2, 0.25) is 5.02 Å². The number of halogens is 1. The zero-order valence-corrected chi connectivity index (χ0v) is 9.36. The van der Waals surface area contributed by atoms with Crippen molar-refractivity contribution in [1.82, 2.24) is 9.97 Å². The first-order valence-electron chi connectivity index (χ1n) is 4.65. The normalized spacial score (nSPS) is 10.4. The number of phenolic OH excluding ortho intramolecular Hbond substituents is 1. The van der Waals surface area contributed by atoms with Crippen LogP contribution in [-0.2, 0) is 0 Å². The summed E-state index contributed by atoms with van der Waals surface area (Å²) in [7, 11) is 0. The van der Waals surface area contributed by atoms with Crippen molar-refractivity contribution >= 4 is 17.4 Å². The number of hydrogen-bond acceptors (Lipinski definition) is 4. The molecule has 0 atom stereocenters. The van der Waals surface area contributed by atoms with Crippen LogP contribution in [0.3, 0.4) is 0 Å². The second kappa shape index (κ2) is 3.98. The van der Waals surface area contributed by atoms with E-state index >= 15 is 0 Å². The molecule has 2 rings (SSSR count). The second-order valence-corrected chi connectivity index (χ2v) is 3.85. The Labute approximate surface area is 97.7 Å². The Bertz CT molecular complexity index is 543. The Morgan fingerprint density at radius 3 is 2.75 bits per heavy atom. The molecule has 0 bridgehead atoms. The minimum Gasteiger partial charge on any atom is -0.506 e. The number of nitrogen functional groups attached to an aromatic ring is 1. The number of rotatable bonds is 1. The first-order chi connectivity index (χ1) is 7.58. The van der Waals surface area contributed by atoms with E-state index in [1.807, 2.05) is 6.92 Å². The molecule has 0 amide bonds. The van der Waals surface area contributed by atoms with Crippen molar-refractivity contribution < 1.29 is 5.11 Å². The van der Waals surface area contributed by atoms with Crippen molar-refractivity contribution in [3.63, 3.8) is 0 Å². The molecule has 1 aromatic carbocycles. The van der Waals surface area contributed by atoms with E-state index in [0.29, 0.717) is 11.5 Å². The third kappa shape index (κ3) is 1.92. The first kappa shape index (κ1) is 10.7. The summed E-state index contributed by atoms with van der Waals surface area (Å²) in [5.74, 6) is 0.404. The number of anilines is 1. The molecule has 16 heavy (non-hydrogen) atoms. The topological polar surface area (TPSA) is 72.0 Å². The molecule has 0 saturated heterocycles. The molecule has 82 valence electrons. The number of nitrogens with two attached hydrogens (primary N) is 1. The zero-order chi connectivity index (χ0) is 11.7. The molecule has 0 radical (unpaired) electrons. The maximum Gasteiger partial charge on any atom is 0.142 e. The number of aromatic nitrogens is 2. The van der Waals surface area contributed by atoms with Crippen LogP contribution < -0.4 is 5.73 Å². The standard InChI is InChI=1S/C11H10ClN3O/c1-6-2-10(16)8(12)3-7(6)9-4-14-5-11(13)15-9/h2-5,16H,1H3,(H2,13,15). The molecule has 0 saturated carbocycles. The fourth-order valence-electron chi connectivity index (χ4n) is 1.45. The van der Waals surface area contributed by atoms with Crippen LogP contribution in [0.5, 0.6) is 5.75 Å². The van der Waals surface area contributed by atoms with Gasteiger partial charge in [-0.1, -0.05) is 11.6 Å². The summed E-state index contributed by atoms with van der Waals surface area (Å²) in [4.78, 5) is 8.11. The van der Waals surface area contributed by atoms with Gasteiger partial charge in [0, 0.05) is 5.56 Å². The highest BCUT2D eigenvalue weighted by Gasteiger charge is 2.08. The summed E-state index contributed by atoms with van der Waals surface area (Å²) in [6.07, 6.45) is 3.08. The number of hydrogen-bond donors (Lipinski definition) is 2. The van der Waals surface area contributed by atoms with Gasteiger partial charge in [0.25, 0.3) is 0 Å². The Kier molecular flexibility index (Phi) is 2.66. The first-order valence-corrected chi connectivity index (χ1v) is 5.02. The predicted molar refractivity (Wildman–Crippen MR) is 63.3 cm³/mol. The lowest BCUT2D eigenvalue weighted by molar-refractivity contribution is 0.475. The molecular formula is C11H10ClN3O. The predicted octanol–water partition coefficient (Wildman–Crippen LogP) is 2.39. The van der Waals surface area contributed by atoms with E-state index in [0.717, 1.165) is 11.1 Å². The Balaban J connectivity index is 2.60. The van der Waals surface area contributed by atoms with Crippen molar-refractivity contribution in [3.8, 4) is 17.0 Å². The van der Waals surface area contributed by atoms with Gasteiger partial charge >= 0.3 is 0 Å². The van der Waals surface area contributed by atoms with Gasteiger partial charge in [-0.2, -0.15) is 0 Å². The van der Waals surface area contributed by atoms with Crippen LogP contribution in [-0.4, -0.2) is 15.1 Å². The lowest BCUT2D eigenvalue weighted by atomic mass is 10.1. The highest BCUT2D eigenvalue weighted by atomic mass is 35.5. The molecule has 3 N–H and O–H groups in total. The third-order valence-corrected chi connectivity index (χ3v) is 2.53. The van der Waals surface area contributed by atoms with Crippen LogP contribution in [0.4, 0.5) is 5.82 Å². The van der Waals surface area contributed by atoms with Gasteiger partial charge in [0.2, 0.25) is 0 Å². The SMILES string of the molecule is Cc1cc(O)c(Cl)cc1-c1cncc(N)n1. The minimum atomic E-state index is 0.0554. The van der Waals surface area contributed by atoms with Gasteiger partial charge in [0.1, 0.15) is 11.6 Å². The Morgan fingerprint density at radius 1 is 1.31 bits per heavy atom. The van der Waals surface area contributed by atoms with Crippen molar-refractivity contribution in [1.29, 1.82) is 0 Å². The van der Waals surface area contributed by atoms with Crippen LogP contribution in [0, 0.1) is 6.92 Å². The summed E-state index contributed by atoms with van der Waals surface area (Å²) in [6, 6.07) is 3.23. The van der Waals surface area contributed by atoms with E-state index in [1.54, 1.807) is 18.3 Å². The number of nitrogens with zero attached hydrogens (tertiary/aromatic N) is 2. The summed E-state index contributed by atoms with van der Waals surface area (Å²) in [5, 5.41) is 9.72. The summed E-state index contributed by atoms with van der Waals surface area (Å²) < 4.78 is 0. The van der Waals surface area contributed by atoms with E-state index in [-0.39, 0.29) is 10.8 Å². The van der Waals surface area contributed by atoms with Crippen LogP contribution in [0.25, 0.3) is 11.3 Å². The van der Waals surface area contributed by atoms with E-state index < -0.39 is 0 Å². The summed E-state index contributed by atoms with van der Waals surface area (Å²) in [5.41, 5.74) is 7.87. The van der Waals surface area contributed by atoms with E-state index in [1.165, 1.54) is 6.20 Å². The van der Waals surface area contributed by atoms with Crippen molar-refractivity contribution in [2.45, 2.75) is 6.92 Å². The molecule has 4 nitrogen and oxygen atoms in total. The van der Waals surface area contributed by atoms with Gasteiger partial charge in [-0.15, -0.1) is 0 Å². The van der Waals surface area contributed by atoms with Crippen molar-refractivity contribution in [3.05, 3.63) is 35.1 Å². The Hall–Kier alpha value is -1.81. The molecule has 0 fully saturated rings. The monoisotopic (exact) mass is 235 g/mol. The second-order valence-electron chi connectivity index (χ2n) is 3.45. The largest absolute Gasteiger partial charge is 0.506 e. The smallest absolute Gasteiger partial charge is 0.142 e. The molecule has 0 aliphatic heterocycles. The molecule has 0 spiro atoms. The zero-order valence-electron chi connectivity index (χ0n) is 8.61. The maximum atomic E-state index is 9.43. The van der Waals surface area contributed by atoms with E-state index in [2.05, 4.69) is 9.97 Å². The lowest BCUT2D eigenvalue weighted by Crippen LogP contribution is -1.94. The van der Waals surface area contributed by atoms with Gasteiger partial charge < -0.3 is 10.8 Å². The van der Waals surface area contributed by atoms with Gasteiger partial charge in [-0.25, -0.2) is 4.98 Å².